The van der Waals surface area contributed by atoms with Crippen molar-refractivity contribution in [2.45, 2.75) is 39.4 Å². The highest BCUT2D eigenvalue weighted by Crippen LogP contribution is 2.20. The van der Waals surface area contributed by atoms with Crippen LogP contribution in [0.15, 0.2) is 36.5 Å². The van der Waals surface area contributed by atoms with E-state index in [0.29, 0.717) is 6.54 Å². The van der Waals surface area contributed by atoms with Crippen LogP contribution in [0.1, 0.15) is 26.3 Å². The Balaban J connectivity index is 1.99. The van der Waals surface area contributed by atoms with Crippen LogP contribution >= 0.6 is 0 Å². The summed E-state index contributed by atoms with van der Waals surface area (Å²) in [5.41, 5.74) is 3.12. The summed E-state index contributed by atoms with van der Waals surface area (Å²) in [7, 11) is 0. The van der Waals surface area contributed by atoms with Crippen LogP contribution in [0, 0.1) is 0 Å². The highest BCUT2D eigenvalue weighted by Gasteiger charge is 2.14. The van der Waals surface area contributed by atoms with Crippen molar-refractivity contribution in [3.05, 3.63) is 42.1 Å². The van der Waals surface area contributed by atoms with Gasteiger partial charge in [-0.1, -0.05) is 30.3 Å². The fraction of sp³-hybridized carbons (Fsp3) is 0.375. The summed E-state index contributed by atoms with van der Waals surface area (Å²) in [6.07, 6.45) is 1.79. The molecule has 0 saturated carbocycles. The van der Waals surface area contributed by atoms with E-state index in [4.69, 9.17) is 0 Å². The van der Waals surface area contributed by atoms with Crippen LogP contribution in [-0.4, -0.2) is 28.2 Å². The van der Waals surface area contributed by atoms with Gasteiger partial charge in [0.2, 0.25) is 5.91 Å². The Morgan fingerprint density at radius 2 is 1.95 bits per heavy atom. The van der Waals surface area contributed by atoms with Crippen LogP contribution in [0.2, 0.25) is 0 Å². The number of nitrogens with one attached hydrogen (secondary N) is 3. The summed E-state index contributed by atoms with van der Waals surface area (Å²) in [6.45, 7) is 6.36. The van der Waals surface area contributed by atoms with Crippen molar-refractivity contribution in [1.82, 2.24) is 20.8 Å². The van der Waals surface area contributed by atoms with E-state index in [0.717, 1.165) is 16.8 Å². The third kappa shape index (κ3) is 4.16. The largest absolute Gasteiger partial charge is 0.353 e. The minimum Gasteiger partial charge on any atom is -0.353 e. The molecule has 0 aliphatic rings. The van der Waals surface area contributed by atoms with Crippen molar-refractivity contribution < 1.29 is 4.79 Å². The second kappa shape index (κ2) is 7.04. The van der Waals surface area contributed by atoms with Gasteiger partial charge in [-0.25, -0.2) is 0 Å². The molecule has 3 N–H and O–H groups in total. The van der Waals surface area contributed by atoms with Crippen LogP contribution in [0.25, 0.3) is 11.3 Å². The van der Waals surface area contributed by atoms with Crippen LogP contribution in [0.5, 0.6) is 0 Å². The molecule has 0 aliphatic heterocycles. The fourth-order valence-electron chi connectivity index (χ4n) is 2.07. The third-order valence-corrected chi connectivity index (χ3v) is 3.20. The lowest BCUT2D eigenvalue weighted by molar-refractivity contribution is -0.123. The molecular formula is C16H22N4O. The standard InChI is InChI=1S/C16H22N4O/c1-11(2)19-16(21)12(3)17-9-14-10-18-20-15(14)13-7-5-4-6-8-13/h4-8,10-12,17H,9H2,1-3H3,(H,18,20)(H,19,21). The van der Waals surface area contributed by atoms with Gasteiger partial charge in [-0.2, -0.15) is 5.10 Å². The predicted octanol–water partition coefficient (Wildman–Crippen LogP) is 2.08. The summed E-state index contributed by atoms with van der Waals surface area (Å²) in [4.78, 5) is 11.9. The number of aromatic nitrogens is 2. The first-order valence-electron chi connectivity index (χ1n) is 7.19. The van der Waals surface area contributed by atoms with Gasteiger partial charge in [-0.15, -0.1) is 0 Å². The summed E-state index contributed by atoms with van der Waals surface area (Å²) >= 11 is 0. The number of H-pyrrole nitrogens is 1. The van der Waals surface area contributed by atoms with E-state index in [1.165, 1.54) is 0 Å². The topological polar surface area (TPSA) is 69.8 Å². The van der Waals surface area contributed by atoms with Crippen molar-refractivity contribution in [1.29, 1.82) is 0 Å². The van der Waals surface area contributed by atoms with E-state index in [1.54, 1.807) is 6.20 Å². The van der Waals surface area contributed by atoms with Crippen molar-refractivity contribution >= 4 is 5.91 Å². The lowest BCUT2D eigenvalue weighted by atomic mass is 10.1. The van der Waals surface area contributed by atoms with Gasteiger partial charge >= 0.3 is 0 Å². The number of carbonyl (C=O) groups excluding carboxylic acids is 1. The van der Waals surface area contributed by atoms with Gasteiger partial charge < -0.3 is 10.6 Å². The molecule has 1 unspecified atom stereocenters. The molecule has 1 heterocycles. The van der Waals surface area contributed by atoms with Crippen LogP contribution in [0.3, 0.4) is 0 Å². The number of hydrogen-bond donors (Lipinski definition) is 3. The number of aromatic amines is 1. The number of nitrogens with zero attached hydrogens (tertiary/aromatic N) is 1. The van der Waals surface area contributed by atoms with Crippen LogP contribution < -0.4 is 10.6 Å². The maximum absolute atomic E-state index is 11.9. The first-order valence-corrected chi connectivity index (χ1v) is 7.19. The zero-order valence-corrected chi connectivity index (χ0v) is 12.7. The number of hydrogen-bond acceptors (Lipinski definition) is 3. The van der Waals surface area contributed by atoms with Gasteiger partial charge in [0.05, 0.1) is 17.9 Å². The molecule has 0 spiro atoms. The number of rotatable bonds is 6. The SMILES string of the molecule is CC(C)NC(=O)C(C)NCc1cn[nH]c1-c1ccccc1. The van der Waals surface area contributed by atoms with Crippen molar-refractivity contribution in [3.8, 4) is 11.3 Å². The number of amides is 1. The fourth-order valence-corrected chi connectivity index (χ4v) is 2.07. The normalized spacial score (nSPS) is 12.4. The average molecular weight is 286 g/mol. The van der Waals surface area contributed by atoms with Crippen molar-refractivity contribution in [3.63, 3.8) is 0 Å². The summed E-state index contributed by atoms with van der Waals surface area (Å²) in [5, 5.41) is 13.2. The molecule has 0 fully saturated rings. The molecule has 2 aromatic rings. The van der Waals surface area contributed by atoms with Gasteiger partial charge in [-0.05, 0) is 26.3 Å². The van der Waals surface area contributed by atoms with Gasteiger partial charge in [0.25, 0.3) is 0 Å². The Hall–Kier alpha value is -2.14. The molecule has 2 rings (SSSR count). The molecule has 5 heteroatoms. The number of carbonyl (C=O) groups is 1. The molecule has 112 valence electrons. The van der Waals surface area contributed by atoms with Gasteiger partial charge in [-0.3, -0.25) is 9.89 Å². The quantitative estimate of drug-likeness (QED) is 0.761. The molecule has 0 saturated heterocycles. The van der Waals surface area contributed by atoms with Crippen molar-refractivity contribution in [2.24, 2.45) is 0 Å². The monoisotopic (exact) mass is 286 g/mol. The Bertz CT molecular complexity index is 577. The second-order valence-corrected chi connectivity index (χ2v) is 5.40. The van der Waals surface area contributed by atoms with E-state index >= 15 is 0 Å². The molecule has 0 radical (unpaired) electrons. The Labute approximate surface area is 125 Å². The number of benzene rings is 1. The van der Waals surface area contributed by atoms with E-state index in [2.05, 4.69) is 20.8 Å². The Kier molecular flexibility index (Phi) is 5.11. The molecular weight excluding hydrogens is 264 g/mol. The molecule has 1 aromatic carbocycles. The van der Waals surface area contributed by atoms with E-state index in [1.807, 2.05) is 51.1 Å². The zero-order chi connectivity index (χ0) is 15.2. The van der Waals surface area contributed by atoms with E-state index < -0.39 is 0 Å². The van der Waals surface area contributed by atoms with E-state index in [-0.39, 0.29) is 18.0 Å². The van der Waals surface area contributed by atoms with Crippen molar-refractivity contribution in [2.75, 3.05) is 0 Å². The van der Waals surface area contributed by atoms with Gasteiger partial charge in [0, 0.05) is 18.2 Å². The smallest absolute Gasteiger partial charge is 0.237 e. The Morgan fingerprint density at radius 3 is 2.62 bits per heavy atom. The lowest BCUT2D eigenvalue weighted by Gasteiger charge is -2.16. The van der Waals surface area contributed by atoms with Gasteiger partial charge in [0.15, 0.2) is 0 Å². The van der Waals surface area contributed by atoms with E-state index in [9.17, 15) is 4.79 Å². The second-order valence-electron chi connectivity index (χ2n) is 5.40. The van der Waals surface area contributed by atoms with Crippen LogP contribution in [0.4, 0.5) is 0 Å². The summed E-state index contributed by atoms with van der Waals surface area (Å²) in [5.74, 6) is 0.00903. The molecule has 0 aliphatic carbocycles. The third-order valence-electron chi connectivity index (χ3n) is 3.20. The molecule has 5 nitrogen and oxygen atoms in total. The maximum Gasteiger partial charge on any atom is 0.237 e. The molecule has 1 aromatic heterocycles. The Morgan fingerprint density at radius 1 is 1.24 bits per heavy atom. The minimum absolute atomic E-state index is 0.00903. The zero-order valence-electron chi connectivity index (χ0n) is 12.7. The molecule has 1 atom stereocenters. The molecule has 1 amide bonds. The van der Waals surface area contributed by atoms with Gasteiger partial charge in [0.1, 0.15) is 0 Å². The minimum atomic E-state index is -0.245. The highest BCUT2D eigenvalue weighted by molar-refractivity contribution is 5.81. The maximum atomic E-state index is 11.9. The summed E-state index contributed by atoms with van der Waals surface area (Å²) in [6, 6.07) is 9.94. The first-order chi connectivity index (χ1) is 10.1. The predicted molar refractivity (Wildman–Crippen MR) is 83.6 cm³/mol. The highest BCUT2D eigenvalue weighted by atomic mass is 16.2. The molecule has 0 bridgehead atoms. The summed E-state index contributed by atoms with van der Waals surface area (Å²) < 4.78 is 0. The van der Waals surface area contributed by atoms with Crippen LogP contribution in [-0.2, 0) is 11.3 Å². The average Bonchev–Trinajstić information content (AvgIpc) is 2.93. The first kappa shape index (κ1) is 15.3. The lowest BCUT2D eigenvalue weighted by Crippen LogP contribution is -2.44. The molecule has 21 heavy (non-hydrogen) atoms.